The van der Waals surface area contributed by atoms with Crippen molar-refractivity contribution in [3.05, 3.63) is 29.3 Å². The minimum absolute atomic E-state index is 0.248. The molecule has 1 aliphatic heterocycles. The lowest BCUT2D eigenvalue weighted by Gasteiger charge is -2.27. The van der Waals surface area contributed by atoms with E-state index in [9.17, 15) is 0 Å². The standard InChI is InChI=1S/C16H26N2O/c1-4-14-7-5-6-13(2)16(14)18-9-8-15(12-18)17(3)10-11-19/h5-7,15,19H,4,8-12H2,1-3H3. The summed E-state index contributed by atoms with van der Waals surface area (Å²) in [6, 6.07) is 7.17. The second kappa shape index (κ2) is 6.40. The normalized spacial score (nSPS) is 19.4. The van der Waals surface area contributed by atoms with Gasteiger partial charge in [-0.2, -0.15) is 0 Å². The lowest BCUT2D eigenvalue weighted by Crippen LogP contribution is -2.36. The molecule has 2 rings (SSSR count). The van der Waals surface area contributed by atoms with Crippen LogP contribution in [0.25, 0.3) is 0 Å². The van der Waals surface area contributed by atoms with Crippen molar-refractivity contribution in [3.8, 4) is 0 Å². The number of rotatable bonds is 5. The van der Waals surface area contributed by atoms with E-state index in [1.54, 1.807) is 0 Å². The summed E-state index contributed by atoms with van der Waals surface area (Å²) in [4.78, 5) is 4.80. The summed E-state index contributed by atoms with van der Waals surface area (Å²) >= 11 is 0. The van der Waals surface area contributed by atoms with Crippen LogP contribution in [0.15, 0.2) is 18.2 Å². The summed E-state index contributed by atoms with van der Waals surface area (Å²) in [6.07, 6.45) is 2.28. The zero-order valence-corrected chi connectivity index (χ0v) is 12.4. The van der Waals surface area contributed by atoms with Crippen LogP contribution in [0, 0.1) is 6.92 Å². The molecule has 1 aromatic rings. The molecular formula is C16H26N2O. The molecule has 1 fully saturated rings. The number of hydrogen-bond donors (Lipinski definition) is 1. The second-order valence-electron chi connectivity index (χ2n) is 5.53. The Kier molecular flexibility index (Phi) is 4.83. The Morgan fingerprint density at radius 3 is 2.89 bits per heavy atom. The highest BCUT2D eigenvalue weighted by Crippen LogP contribution is 2.29. The van der Waals surface area contributed by atoms with Gasteiger partial charge in [0.1, 0.15) is 0 Å². The molecule has 19 heavy (non-hydrogen) atoms. The third kappa shape index (κ3) is 3.10. The number of para-hydroxylation sites is 1. The van der Waals surface area contributed by atoms with Crippen molar-refractivity contribution in [3.63, 3.8) is 0 Å². The zero-order chi connectivity index (χ0) is 13.8. The van der Waals surface area contributed by atoms with E-state index in [2.05, 4.69) is 48.9 Å². The average molecular weight is 262 g/mol. The third-order valence-corrected chi connectivity index (χ3v) is 4.26. The maximum absolute atomic E-state index is 9.05. The van der Waals surface area contributed by atoms with Gasteiger partial charge < -0.3 is 10.0 Å². The summed E-state index contributed by atoms with van der Waals surface area (Å²) in [7, 11) is 2.11. The smallest absolute Gasteiger partial charge is 0.0558 e. The van der Waals surface area contributed by atoms with Crippen LogP contribution in [0.1, 0.15) is 24.5 Å². The first-order valence-electron chi connectivity index (χ1n) is 7.32. The summed E-state index contributed by atoms with van der Waals surface area (Å²) in [6.45, 7) is 7.65. The van der Waals surface area contributed by atoms with Gasteiger partial charge in [0, 0.05) is 31.4 Å². The van der Waals surface area contributed by atoms with E-state index in [0.717, 1.165) is 26.1 Å². The Hall–Kier alpha value is -1.06. The van der Waals surface area contributed by atoms with Gasteiger partial charge in [-0.05, 0) is 37.9 Å². The molecular weight excluding hydrogens is 236 g/mol. The van der Waals surface area contributed by atoms with Gasteiger partial charge in [0.05, 0.1) is 6.61 Å². The van der Waals surface area contributed by atoms with Crippen molar-refractivity contribution in [2.75, 3.05) is 38.2 Å². The fourth-order valence-corrected chi connectivity index (χ4v) is 3.10. The number of nitrogens with zero attached hydrogens (tertiary/aromatic N) is 2. The molecule has 106 valence electrons. The molecule has 1 aromatic carbocycles. The maximum Gasteiger partial charge on any atom is 0.0558 e. The Morgan fingerprint density at radius 1 is 1.42 bits per heavy atom. The molecule has 0 bridgehead atoms. The summed E-state index contributed by atoms with van der Waals surface area (Å²) in [5, 5.41) is 9.05. The van der Waals surface area contributed by atoms with E-state index in [0.29, 0.717) is 6.04 Å². The highest BCUT2D eigenvalue weighted by Gasteiger charge is 2.27. The molecule has 1 heterocycles. The van der Waals surface area contributed by atoms with Gasteiger partial charge in [-0.3, -0.25) is 4.90 Å². The molecule has 0 saturated carbocycles. The summed E-state index contributed by atoms with van der Waals surface area (Å²) in [5.41, 5.74) is 4.26. The number of aliphatic hydroxyl groups excluding tert-OH is 1. The van der Waals surface area contributed by atoms with Crippen molar-refractivity contribution < 1.29 is 5.11 Å². The number of anilines is 1. The predicted molar refractivity (Wildman–Crippen MR) is 80.9 cm³/mol. The van der Waals surface area contributed by atoms with Gasteiger partial charge in [0.15, 0.2) is 0 Å². The Labute approximate surface area is 116 Å². The number of aliphatic hydroxyl groups is 1. The van der Waals surface area contributed by atoms with E-state index in [-0.39, 0.29) is 6.61 Å². The molecule has 1 N–H and O–H groups in total. The van der Waals surface area contributed by atoms with Crippen molar-refractivity contribution in [1.29, 1.82) is 0 Å². The first-order valence-corrected chi connectivity index (χ1v) is 7.32. The molecule has 0 radical (unpaired) electrons. The number of likely N-dealkylation sites (N-methyl/N-ethyl adjacent to an activating group) is 1. The molecule has 0 aromatic heterocycles. The van der Waals surface area contributed by atoms with Crippen molar-refractivity contribution in [2.24, 2.45) is 0 Å². The van der Waals surface area contributed by atoms with Gasteiger partial charge in [0.2, 0.25) is 0 Å². The van der Waals surface area contributed by atoms with Gasteiger partial charge in [-0.1, -0.05) is 25.1 Å². The van der Waals surface area contributed by atoms with Crippen LogP contribution in [0.5, 0.6) is 0 Å². The molecule has 0 aliphatic carbocycles. The molecule has 3 nitrogen and oxygen atoms in total. The first-order chi connectivity index (χ1) is 9.17. The van der Waals surface area contributed by atoms with Crippen LogP contribution in [0.2, 0.25) is 0 Å². The maximum atomic E-state index is 9.05. The van der Waals surface area contributed by atoms with E-state index in [1.165, 1.54) is 23.2 Å². The van der Waals surface area contributed by atoms with Gasteiger partial charge in [-0.15, -0.1) is 0 Å². The molecule has 1 saturated heterocycles. The number of benzene rings is 1. The molecule has 0 spiro atoms. The fourth-order valence-electron chi connectivity index (χ4n) is 3.10. The Bertz CT molecular complexity index is 419. The van der Waals surface area contributed by atoms with E-state index >= 15 is 0 Å². The van der Waals surface area contributed by atoms with Crippen molar-refractivity contribution >= 4 is 5.69 Å². The highest BCUT2D eigenvalue weighted by atomic mass is 16.3. The number of hydrogen-bond acceptors (Lipinski definition) is 3. The lowest BCUT2D eigenvalue weighted by atomic mass is 10.0. The highest BCUT2D eigenvalue weighted by molar-refractivity contribution is 5.60. The Morgan fingerprint density at radius 2 is 2.21 bits per heavy atom. The fraction of sp³-hybridized carbons (Fsp3) is 0.625. The third-order valence-electron chi connectivity index (χ3n) is 4.26. The van der Waals surface area contributed by atoms with E-state index in [4.69, 9.17) is 5.11 Å². The van der Waals surface area contributed by atoms with Crippen LogP contribution in [0.3, 0.4) is 0 Å². The summed E-state index contributed by atoms with van der Waals surface area (Å²) < 4.78 is 0. The molecule has 1 aliphatic rings. The molecule has 1 atom stereocenters. The Balaban J connectivity index is 2.13. The van der Waals surface area contributed by atoms with Crippen molar-refractivity contribution in [1.82, 2.24) is 4.90 Å². The zero-order valence-electron chi connectivity index (χ0n) is 12.4. The largest absolute Gasteiger partial charge is 0.395 e. The van der Waals surface area contributed by atoms with E-state index < -0.39 is 0 Å². The van der Waals surface area contributed by atoms with Gasteiger partial charge in [-0.25, -0.2) is 0 Å². The van der Waals surface area contributed by atoms with Crippen LogP contribution >= 0.6 is 0 Å². The van der Waals surface area contributed by atoms with Gasteiger partial charge in [0.25, 0.3) is 0 Å². The monoisotopic (exact) mass is 262 g/mol. The quantitative estimate of drug-likeness (QED) is 0.880. The summed E-state index contributed by atoms with van der Waals surface area (Å²) in [5.74, 6) is 0. The van der Waals surface area contributed by atoms with Crippen molar-refractivity contribution in [2.45, 2.75) is 32.7 Å². The SMILES string of the molecule is CCc1cccc(C)c1N1CCC(N(C)CCO)C1. The van der Waals surface area contributed by atoms with Gasteiger partial charge >= 0.3 is 0 Å². The molecule has 1 unspecified atom stereocenters. The van der Waals surface area contributed by atoms with Crippen LogP contribution < -0.4 is 4.90 Å². The lowest BCUT2D eigenvalue weighted by molar-refractivity contribution is 0.188. The number of aryl methyl sites for hydroxylation is 2. The minimum atomic E-state index is 0.248. The molecule has 3 heteroatoms. The van der Waals surface area contributed by atoms with Crippen LogP contribution in [-0.4, -0.2) is 49.3 Å². The first kappa shape index (κ1) is 14.4. The predicted octanol–water partition coefficient (Wildman–Crippen LogP) is 2.06. The van der Waals surface area contributed by atoms with Crippen LogP contribution in [-0.2, 0) is 6.42 Å². The van der Waals surface area contributed by atoms with Crippen LogP contribution in [0.4, 0.5) is 5.69 Å². The van der Waals surface area contributed by atoms with E-state index in [1.807, 2.05) is 0 Å². The average Bonchev–Trinajstić information content (AvgIpc) is 2.88. The second-order valence-corrected chi connectivity index (χ2v) is 5.53. The molecule has 0 amide bonds. The topological polar surface area (TPSA) is 26.7 Å². The minimum Gasteiger partial charge on any atom is -0.395 e.